The molecule has 0 saturated carbocycles. The van der Waals surface area contributed by atoms with E-state index in [0.29, 0.717) is 44.4 Å². The lowest BCUT2D eigenvalue weighted by Crippen LogP contribution is -2.51. The van der Waals surface area contributed by atoms with Crippen molar-refractivity contribution in [2.75, 3.05) is 47.8 Å². The molecule has 0 radical (unpaired) electrons. The van der Waals surface area contributed by atoms with Crippen LogP contribution < -0.4 is 15.1 Å². The van der Waals surface area contributed by atoms with Gasteiger partial charge in [0.1, 0.15) is 23.3 Å². The molecule has 0 bridgehead atoms. The zero-order valence-electron chi connectivity index (χ0n) is 19.4. The lowest BCUT2D eigenvalue weighted by atomic mass is 10.1. The minimum Gasteiger partial charge on any atom is -0.353 e. The predicted octanol–water partition coefficient (Wildman–Crippen LogP) is 3.39. The summed E-state index contributed by atoms with van der Waals surface area (Å²) < 4.78 is 0.909. The van der Waals surface area contributed by atoms with Crippen LogP contribution in [0.2, 0.25) is 0 Å². The number of amides is 2. The number of carbonyl (C=O) groups excluding carboxylic acids is 2. The van der Waals surface area contributed by atoms with E-state index in [4.69, 9.17) is 0 Å². The number of aryl methyl sites for hydroxylation is 1. The molecule has 1 N–H and O–H groups in total. The van der Waals surface area contributed by atoms with Crippen LogP contribution in [0.5, 0.6) is 0 Å². The van der Waals surface area contributed by atoms with E-state index in [2.05, 4.69) is 41.1 Å². The lowest BCUT2D eigenvalue weighted by Gasteiger charge is -2.36. The van der Waals surface area contributed by atoms with Crippen LogP contribution in [-0.2, 0) is 9.59 Å². The Bertz CT molecular complexity index is 1230. The third kappa shape index (κ3) is 5.27. The number of pyridine rings is 1. The van der Waals surface area contributed by atoms with Gasteiger partial charge in [0.15, 0.2) is 0 Å². The smallest absolute Gasteiger partial charge is 0.228 e. The van der Waals surface area contributed by atoms with E-state index in [0.717, 1.165) is 21.8 Å². The number of nitrogens with one attached hydrogen (secondary N) is 1. The van der Waals surface area contributed by atoms with Gasteiger partial charge in [0.2, 0.25) is 11.8 Å². The van der Waals surface area contributed by atoms with Crippen molar-refractivity contribution >= 4 is 50.9 Å². The summed E-state index contributed by atoms with van der Waals surface area (Å²) in [6.07, 6.45) is 1.97. The van der Waals surface area contributed by atoms with E-state index in [9.17, 15) is 9.59 Å². The number of hydrogen-bond acceptors (Lipinski definition) is 7. The summed E-state index contributed by atoms with van der Waals surface area (Å²) in [6.45, 7) is 4.80. The molecule has 4 heterocycles. The molecular weight excluding hydrogens is 510 g/mol. The number of piperazine rings is 1. The van der Waals surface area contributed by atoms with E-state index in [-0.39, 0.29) is 24.2 Å². The third-order valence-corrected chi connectivity index (χ3v) is 6.75. The average molecular weight is 536 g/mol. The standard InChI is InChI=1S/C25H26BrN7O2/c1-17-28-22(30-21-7-2-3-8-27-21)15-23(29-17)31-9-11-32(12-10-31)25(35)18-13-24(34)33(16-18)20-6-4-5-19(26)14-20/h2-8,14-15,18H,9-13,16H2,1H3,(H,27,28,29,30). The first kappa shape index (κ1) is 23.2. The molecule has 2 aromatic heterocycles. The highest BCUT2D eigenvalue weighted by molar-refractivity contribution is 9.10. The third-order valence-electron chi connectivity index (χ3n) is 6.25. The molecule has 1 aromatic carbocycles. The first-order valence-electron chi connectivity index (χ1n) is 11.6. The molecule has 35 heavy (non-hydrogen) atoms. The Labute approximate surface area is 212 Å². The second-order valence-electron chi connectivity index (χ2n) is 8.70. The molecule has 2 aliphatic heterocycles. The topological polar surface area (TPSA) is 94.6 Å². The summed E-state index contributed by atoms with van der Waals surface area (Å²) in [6, 6.07) is 15.2. The summed E-state index contributed by atoms with van der Waals surface area (Å²) >= 11 is 3.45. The molecule has 2 amide bonds. The summed E-state index contributed by atoms with van der Waals surface area (Å²) in [4.78, 5) is 45.0. The van der Waals surface area contributed by atoms with E-state index >= 15 is 0 Å². The average Bonchev–Trinajstić information content (AvgIpc) is 3.25. The van der Waals surface area contributed by atoms with Gasteiger partial charge in [0.05, 0.1) is 5.92 Å². The van der Waals surface area contributed by atoms with Crippen molar-refractivity contribution in [3.63, 3.8) is 0 Å². The number of anilines is 4. The number of nitrogens with zero attached hydrogens (tertiary/aromatic N) is 6. The molecule has 2 aliphatic rings. The summed E-state index contributed by atoms with van der Waals surface area (Å²) in [7, 11) is 0. The molecular formula is C25H26BrN7O2. The Kier molecular flexibility index (Phi) is 6.63. The van der Waals surface area contributed by atoms with Crippen molar-refractivity contribution in [1.29, 1.82) is 0 Å². The molecule has 1 atom stereocenters. The molecule has 5 rings (SSSR count). The zero-order chi connectivity index (χ0) is 24.4. The first-order valence-corrected chi connectivity index (χ1v) is 12.4. The number of hydrogen-bond donors (Lipinski definition) is 1. The Balaban J connectivity index is 1.21. The van der Waals surface area contributed by atoms with Crippen LogP contribution in [0.3, 0.4) is 0 Å². The van der Waals surface area contributed by atoms with Crippen LogP contribution in [-0.4, -0.2) is 64.4 Å². The molecule has 2 saturated heterocycles. The van der Waals surface area contributed by atoms with Gasteiger partial charge in [-0.2, -0.15) is 0 Å². The predicted molar refractivity (Wildman–Crippen MR) is 138 cm³/mol. The minimum atomic E-state index is -0.316. The number of carbonyl (C=O) groups is 2. The second-order valence-corrected chi connectivity index (χ2v) is 9.61. The minimum absolute atomic E-state index is 0.00974. The van der Waals surface area contributed by atoms with E-state index in [1.54, 1.807) is 11.1 Å². The number of benzene rings is 1. The van der Waals surface area contributed by atoms with Gasteiger partial charge in [-0.25, -0.2) is 15.0 Å². The van der Waals surface area contributed by atoms with Gasteiger partial charge in [-0.3, -0.25) is 9.59 Å². The highest BCUT2D eigenvalue weighted by Gasteiger charge is 2.38. The zero-order valence-corrected chi connectivity index (χ0v) is 21.0. The van der Waals surface area contributed by atoms with Gasteiger partial charge in [0.25, 0.3) is 0 Å². The summed E-state index contributed by atoms with van der Waals surface area (Å²) in [5, 5.41) is 3.22. The molecule has 9 nitrogen and oxygen atoms in total. The van der Waals surface area contributed by atoms with Crippen molar-refractivity contribution in [2.45, 2.75) is 13.3 Å². The van der Waals surface area contributed by atoms with Gasteiger partial charge in [0, 0.05) is 61.6 Å². The highest BCUT2D eigenvalue weighted by atomic mass is 79.9. The maximum atomic E-state index is 13.2. The molecule has 0 aliphatic carbocycles. The van der Waals surface area contributed by atoms with Gasteiger partial charge >= 0.3 is 0 Å². The van der Waals surface area contributed by atoms with E-state index in [1.807, 2.05) is 60.4 Å². The monoisotopic (exact) mass is 535 g/mol. The fraction of sp³-hybridized carbons (Fsp3) is 0.320. The van der Waals surface area contributed by atoms with Gasteiger partial charge in [-0.1, -0.05) is 28.1 Å². The fourth-order valence-electron chi connectivity index (χ4n) is 4.53. The van der Waals surface area contributed by atoms with Crippen molar-refractivity contribution < 1.29 is 9.59 Å². The molecule has 180 valence electrons. The maximum absolute atomic E-state index is 13.2. The second kappa shape index (κ2) is 9.99. The van der Waals surface area contributed by atoms with Crippen LogP contribution in [0, 0.1) is 12.8 Å². The van der Waals surface area contributed by atoms with Crippen LogP contribution >= 0.6 is 15.9 Å². The van der Waals surface area contributed by atoms with Crippen LogP contribution in [0.15, 0.2) is 59.2 Å². The molecule has 3 aromatic rings. The molecule has 10 heteroatoms. The van der Waals surface area contributed by atoms with Crippen molar-refractivity contribution in [3.8, 4) is 0 Å². The van der Waals surface area contributed by atoms with Gasteiger partial charge < -0.3 is 20.0 Å². The molecule has 2 fully saturated rings. The highest BCUT2D eigenvalue weighted by Crippen LogP contribution is 2.29. The SMILES string of the molecule is Cc1nc(Nc2ccccn2)cc(N2CCN(C(=O)C3CC(=O)N(c4cccc(Br)c4)C3)CC2)n1. The maximum Gasteiger partial charge on any atom is 0.228 e. The van der Waals surface area contributed by atoms with Gasteiger partial charge in [-0.05, 0) is 37.3 Å². The van der Waals surface area contributed by atoms with Crippen LogP contribution in [0.4, 0.5) is 23.1 Å². The van der Waals surface area contributed by atoms with Crippen LogP contribution in [0.1, 0.15) is 12.2 Å². The quantitative estimate of drug-likeness (QED) is 0.535. The summed E-state index contributed by atoms with van der Waals surface area (Å²) in [5.41, 5.74) is 0.818. The van der Waals surface area contributed by atoms with Crippen molar-refractivity contribution in [3.05, 3.63) is 65.0 Å². The Morgan fingerprint density at radius 3 is 2.60 bits per heavy atom. The molecule has 1 unspecified atom stereocenters. The fourth-order valence-corrected chi connectivity index (χ4v) is 4.91. The largest absolute Gasteiger partial charge is 0.353 e. The number of aromatic nitrogens is 3. The normalized spacial score (nSPS) is 18.2. The first-order chi connectivity index (χ1) is 17.0. The Morgan fingerprint density at radius 1 is 1.03 bits per heavy atom. The summed E-state index contributed by atoms with van der Waals surface area (Å²) in [5.74, 6) is 2.60. The van der Waals surface area contributed by atoms with E-state index in [1.165, 1.54) is 0 Å². The van der Waals surface area contributed by atoms with Crippen molar-refractivity contribution in [2.24, 2.45) is 5.92 Å². The Morgan fingerprint density at radius 2 is 1.86 bits per heavy atom. The molecule has 0 spiro atoms. The van der Waals surface area contributed by atoms with Crippen molar-refractivity contribution in [1.82, 2.24) is 19.9 Å². The van der Waals surface area contributed by atoms with E-state index < -0.39 is 0 Å². The number of halogens is 1. The van der Waals surface area contributed by atoms with Gasteiger partial charge in [-0.15, -0.1) is 0 Å². The van der Waals surface area contributed by atoms with Crippen LogP contribution in [0.25, 0.3) is 0 Å². The Hall–Kier alpha value is -3.53. The number of rotatable bonds is 5. The lowest BCUT2D eigenvalue weighted by molar-refractivity contribution is -0.136.